The second-order valence-electron chi connectivity index (χ2n) is 4.56. The van der Waals surface area contributed by atoms with E-state index in [1.165, 1.54) is 0 Å². The van der Waals surface area contributed by atoms with Crippen LogP contribution in [0, 0.1) is 0 Å². The largest absolute Gasteiger partial charge is 0.389 e. The summed E-state index contributed by atoms with van der Waals surface area (Å²) >= 11 is 5.80. The molecule has 3 nitrogen and oxygen atoms in total. The SMILES string of the molecule is CCCN(C)CC(O)COCc1ccc(Cl)cc1. The molecule has 0 aliphatic rings. The maximum absolute atomic E-state index is 9.78. The summed E-state index contributed by atoms with van der Waals surface area (Å²) in [5.41, 5.74) is 1.06. The summed E-state index contributed by atoms with van der Waals surface area (Å²) in [5, 5.41) is 10.5. The monoisotopic (exact) mass is 271 g/mol. The summed E-state index contributed by atoms with van der Waals surface area (Å²) in [4.78, 5) is 2.11. The van der Waals surface area contributed by atoms with E-state index in [1.54, 1.807) is 0 Å². The first-order valence-corrected chi connectivity index (χ1v) is 6.68. The molecule has 0 aromatic heterocycles. The number of nitrogens with zero attached hydrogens (tertiary/aromatic N) is 1. The Bertz CT molecular complexity index is 329. The Morgan fingerprint density at radius 3 is 2.61 bits per heavy atom. The number of hydrogen-bond donors (Lipinski definition) is 1. The zero-order chi connectivity index (χ0) is 13.4. The maximum Gasteiger partial charge on any atom is 0.0900 e. The third-order valence-electron chi connectivity index (χ3n) is 2.62. The molecular weight excluding hydrogens is 250 g/mol. The lowest BCUT2D eigenvalue weighted by Crippen LogP contribution is -2.32. The van der Waals surface area contributed by atoms with Gasteiger partial charge in [0.1, 0.15) is 0 Å². The van der Waals surface area contributed by atoms with Crippen molar-refractivity contribution < 1.29 is 9.84 Å². The Morgan fingerprint density at radius 1 is 1.33 bits per heavy atom. The Kier molecular flexibility index (Phi) is 7.28. The van der Waals surface area contributed by atoms with Gasteiger partial charge in [0.15, 0.2) is 0 Å². The number of likely N-dealkylation sites (N-methyl/N-ethyl adjacent to an activating group) is 1. The van der Waals surface area contributed by atoms with Crippen molar-refractivity contribution in [2.45, 2.75) is 26.1 Å². The van der Waals surface area contributed by atoms with Crippen LogP contribution < -0.4 is 0 Å². The molecule has 1 aromatic rings. The minimum Gasteiger partial charge on any atom is -0.389 e. The second kappa shape index (κ2) is 8.48. The van der Waals surface area contributed by atoms with Gasteiger partial charge in [0, 0.05) is 11.6 Å². The summed E-state index contributed by atoms with van der Waals surface area (Å²) in [6.07, 6.45) is 0.656. The Hall–Kier alpha value is -0.610. The number of aliphatic hydroxyl groups is 1. The standard InChI is InChI=1S/C14H22ClNO2/c1-3-8-16(2)9-14(17)11-18-10-12-4-6-13(15)7-5-12/h4-7,14,17H,3,8-11H2,1-2H3. The molecule has 0 aliphatic heterocycles. The van der Waals surface area contributed by atoms with Gasteiger partial charge in [-0.15, -0.1) is 0 Å². The first kappa shape index (κ1) is 15.4. The molecule has 1 atom stereocenters. The molecule has 1 N–H and O–H groups in total. The first-order valence-electron chi connectivity index (χ1n) is 6.30. The lowest BCUT2D eigenvalue weighted by atomic mass is 10.2. The van der Waals surface area contributed by atoms with Gasteiger partial charge in [0.2, 0.25) is 0 Å². The fourth-order valence-corrected chi connectivity index (χ4v) is 1.90. The Morgan fingerprint density at radius 2 is 2.00 bits per heavy atom. The number of halogens is 1. The van der Waals surface area contributed by atoms with Gasteiger partial charge in [0.05, 0.1) is 19.3 Å². The molecule has 1 rings (SSSR count). The summed E-state index contributed by atoms with van der Waals surface area (Å²) in [6.45, 7) is 4.63. The van der Waals surface area contributed by atoms with Crippen LogP contribution in [-0.2, 0) is 11.3 Å². The van der Waals surface area contributed by atoms with E-state index in [9.17, 15) is 5.11 Å². The minimum atomic E-state index is -0.436. The summed E-state index contributed by atoms with van der Waals surface area (Å²) < 4.78 is 5.48. The van der Waals surface area contributed by atoms with Gasteiger partial charge in [0.25, 0.3) is 0 Å². The van der Waals surface area contributed by atoms with Gasteiger partial charge in [-0.2, -0.15) is 0 Å². The Balaban J connectivity index is 2.18. The summed E-state index contributed by atoms with van der Waals surface area (Å²) in [5.74, 6) is 0. The highest BCUT2D eigenvalue weighted by atomic mass is 35.5. The van der Waals surface area contributed by atoms with Crippen molar-refractivity contribution >= 4 is 11.6 Å². The van der Waals surface area contributed by atoms with Crippen LogP contribution in [0.25, 0.3) is 0 Å². The number of hydrogen-bond acceptors (Lipinski definition) is 3. The molecule has 0 bridgehead atoms. The zero-order valence-electron chi connectivity index (χ0n) is 11.1. The van der Waals surface area contributed by atoms with Gasteiger partial charge in [-0.25, -0.2) is 0 Å². The molecule has 102 valence electrons. The van der Waals surface area contributed by atoms with Gasteiger partial charge < -0.3 is 14.7 Å². The van der Waals surface area contributed by atoms with Gasteiger partial charge in [-0.05, 0) is 37.7 Å². The summed E-state index contributed by atoms with van der Waals surface area (Å²) in [7, 11) is 2.01. The van der Waals surface area contributed by atoms with E-state index in [4.69, 9.17) is 16.3 Å². The quantitative estimate of drug-likeness (QED) is 0.789. The zero-order valence-corrected chi connectivity index (χ0v) is 11.9. The smallest absolute Gasteiger partial charge is 0.0900 e. The van der Waals surface area contributed by atoms with E-state index in [2.05, 4.69) is 11.8 Å². The first-order chi connectivity index (χ1) is 8.61. The molecule has 1 aromatic carbocycles. The second-order valence-corrected chi connectivity index (χ2v) is 4.99. The normalized spacial score (nSPS) is 12.9. The van der Waals surface area contributed by atoms with E-state index in [-0.39, 0.29) is 0 Å². The van der Waals surface area contributed by atoms with E-state index in [0.29, 0.717) is 19.8 Å². The molecule has 0 radical (unpaired) electrons. The molecule has 0 amide bonds. The maximum atomic E-state index is 9.78. The average molecular weight is 272 g/mol. The predicted molar refractivity (Wildman–Crippen MR) is 74.9 cm³/mol. The number of ether oxygens (including phenoxy) is 1. The van der Waals surface area contributed by atoms with Crippen LogP contribution in [0.1, 0.15) is 18.9 Å². The molecule has 0 saturated carbocycles. The molecule has 18 heavy (non-hydrogen) atoms. The molecule has 0 aliphatic carbocycles. The average Bonchev–Trinajstić information content (AvgIpc) is 2.32. The van der Waals surface area contributed by atoms with Crippen molar-refractivity contribution in [3.8, 4) is 0 Å². The topological polar surface area (TPSA) is 32.7 Å². The van der Waals surface area contributed by atoms with Crippen LogP contribution in [0.2, 0.25) is 5.02 Å². The highest BCUT2D eigenvalue weighted by Gasteiger charge is 2.07. The van der Waals surface area contributed by atoms with E-state index >= 15 is 0 Å². The number of rotatable bonds is 8. The molecule has 0 heterocycles. The van der Waals surface area contributed by atoms with Crippen LogP contribution in [0.5, 0.6) is 0 Å². The fraction of sp³-hybridized carbons (Fsp3) is 0.571. The van der Waals surface area contributed by atoms with E-state index in [0.717, 1.165) is 23.6 Å². The summed E-state index contributed by atoms with van der Waals surface area (Å²) in [6, 6.07) is 7.53. The van der Waals surface area contributed by atoms with Gasteiger partial charge in [-0.1, -0.05) is 30.7 Å². The fourth-order valence-electron chi connectivity index (χ4n) is 1.78. The Labute approximate surface area is 114 Å². The lowest BCUT2D eigenvalue weighted by Gasteiger charge is -2.19. The molecule has 4 heteroatoms. The number of benzene rings is 1. The highest BCUT2D eigenvalue weighted by molar-refractivity contribution is 6.30. The van der Waals surface area contributed by atoms with Crippen molar-refractivity contribution in [3.63, 3.8) is 0 Å². The van der Waals surface area contributed by atoms with Crippen molar-refractivity contribution in [1.82, 2.24) is 4.90 Å². The van der Waals surface area contributed by atoms with Crippen LogP contribution >= 0.6 is 11.6 Å². The molecular formula is C14H22ClNO2. The van der Waals surface area contributed by atoms with Crippen molar-refractivity contribution in [2.24, 2.45) is 0 Å². The van der Waals surface area contributed by atoms with Crippen LogP contribution in [0.15, 0.2) is 24.3 Å². The molecule has 0 fully saturated rings. The van der Waals surface area contributed by atoms with Crippen LogP contribution in [0.3, 0.4) is 0 Å². The van der Waals surface area contributed by atoms with E-state index in [1.807, 2.05) is 31.3 Å². The van der Waals surface area contributed by atoms with Crippen LogP contribution in [0.4, 0.5) is 0 Å². The van der Waals surface area contributed by atoms with Crippen molar-refractivity contribution in [2.75, 3.05) is 26.7 Å². The minimum absolute atomic E-state index is 0.358. The molecule has 1 unspecified atom stereocenters. The molecule has 0 saturated heterocycles. The van der Waals surface area contributed by atoms with Crippen molar-refractivity contribution in [1.29, 1.82) is 0 Å². The third-order valence-corrected chi connectivity index (χ3v) is 2.87. The highest BCUT2D eigenvalue weighted by Crippen LogP contribution is 2.10. The van der Waals surface area contributed by atoms with E-state index < -0.39 is 6.10 Å². The number of aliphatic hydroxyl groups excluding tert-OH is 1. The van der Waals surface area contributed by atoms with Crippen molar-refractivity contribution in [3.05, 3.63) is 34.9 Å². The third kappa shape index (κ3) is 6.36. The lowest BCUT2D eigenvalue weighted by molar-refractivity contribution is 0.0138. The van der Waals surface area contributed by atoms with Crippen LogP contribution in [-0.4, -0.2) is 42.9 Å². The van der Waals surface area contributed by atoms with Gasteiger partial charge in [-0.3, -0.25) is 0 Å². The molecule has 0 spiro atoms. The van der Waals surface area contributed by atoms with Gasteiger partial charge >= 0.3 is 0 Å². The predicted octanol–water partition coefficient (Wildman–Crippen LogP) is 2.56.